The van der Waals surface area contributed by atoms with Gasteiger partial charge in [-0.2, -0.15) is 0 Å². The largest absolute Gasteiger partial charge is 0.375 e. The average Bonchev–Trinajstić information content (AvgIpc) is 2.14. The molecule has 2 bridgehead atoms. The molecule has 0 aromatic rings. The first-order valence-electron chi connectivity index (χ1n) is 4.77. The summed E-state index contributed by atoms with van der Waals surface area (Å²) in [5.74, 6) is 2.51. The highest BCUT2D eigenvalue weighted by molar-refractivity contribution is 4.97. The molecule has 11 heavy (non-hydrogen) atoms. The molecule has 1 nitrogen and oxygen atoms in total. The third-order valence-electron chi connectivity index (χ3n) is 4.04. The third kappa shape index (κ3) is 0.936. The maximum absolute atomic E-state index is 5.85. The van der Waals surface area contributed by atoms with Gasteiger partial charge in [0.2, 0.25) is 0 Å². The van der Waals surface area contributed by atoms with Crippen molar-refractivity contribution in [3.05, 3.63) is 0 Å². The van der Waals surface area contributed by atoms with Crippen LogP contribution in [0, 0.1) is 17.8 Å². The smallest absolute Gasteiger partial charge is 0.0683 e. The van der Waals surface area contributed by atoms with Crippen LogP contribution in [-0.2, 0) is 4.74 Å². The minimum atomic E-state index is 0.233. The minimum absolute atomic E-state index is 0.233. The standard InChI is InChI=1S/C10H18O/c1-7-4-5-10(3)8(2)9(7)6-11-10/h7-9H,4-6H2,1-3H3/t7-,8?,9+,10-/m0/s1. The van der Waals surface area contributed by atoms with Crippen LogP contribution < -0.4 is 0 Å². The molecular weight excluding hydrogens is 136 g/mol. The molecule has 1 saturated carbocycles. The van der Waals surface area contributed by atoms with Crippen molar-refractivity contribution in [3.8, 4) is 0 Å². The lowest BCUT2D eigenvalue weighted by atomic mass is 9.69. The predicted octanol–water partition coefficient (Wildman–Crippen LogP) is 2.46. The summed E-state index contributed by atoms with van der Waals surface area (Å²) >= 11 is 0. The fourth-order valence-electron chi connectivity index (χ4n) is 2.70. The van der Waals surface area contributed by atoms with Crippen molar-refractivity contribution in [1.29, 1.82) is 0 Å². The maximum atomic E-state index is 5.85. The number of rotatable bonds is 0. The number of hydrogen-bond acceptors (Lipinski definition) is 1. The minimum Gasteiger partial charge on any atom is -0.375 e. The lowest BCUT2D eigenvalue weighted by molar-refractivity contribution is -0.0148. The van der Waals surface area contributed by atoms with E-state index in [-0.39, 0.29) is 5.60 Å². The Bertz CT molecular complexity index is 166. The van der Waals surface area contributed by atoms with Crippen molar-refractivity contribution >= 4 is 0 Å². The van der Waals surface area contributed by atoms with Crippen LogP contribution in [0.15, 0.2) is 0 Å². The van der Waals surface area contributed by atoms with Crippen LogP contribution in [0.1, 0.15) is 33.6 Å². The number of ether oxygens (including phenoxy) is 1. The van der Waals surface area contributed by atoms with E-state index in [0.29, 0.717) is 0 Å². The number of fused-ring (bicyclic) bond motifs is 2. The van der Waals surface area contributed by atoms with E-state index >= 15 is 0 Å². The average molecular weight is 154 g/mol. The Morgan fingerprint density at radius 1 is 1.36 bits per heavy atom. The summed E-state index contributed by atoms with van der Waals surface area (Å²) in [5, 5.41) is 0. The van der Waals surface area contributed by atoms with Gasteiger partial charge in [-0.25, -0.2) is 0 Å². The Kier molecular flexibility index (Phi) is 1.54. The molecule has 1 aliphatic carbocycles. The predicted molar refractivity (Wildman–Crippen MR) is 45.4 cm³/mol. The fourth-order valence-corrected chi connectivity index (χ4v) is 2.70. The van der Waals surface area contributed by atoms with E-state index in [0.717, 1.165) is 24.4 Å². The Morgan fingerprint density at radius 3 is 2.73 bits per heavy atom. The van der Waals surface area contributed by atoms with Crippen LogP contribution in [-0.4, -0.2) is 12.2 Å². The molecule has 1 heterocycles. The van der Waals surface area contributed by atoms with E-state index in [4.69, 9.17) is 4.74 Å². The van der Waals surface area contributed by atoms with Gasteiger partial charge in [0.1, 0.15) is 0 Å². The lowest BCUT2D eigenvalue weighted by Crippen LogP contribution is -2.37. The van der Waals surface area contributed by atoms with Gasteiger partial charge in [-0.15, -0.1) is 0 Å². The quantitative estimate of drug-likeness (QED) is 0.521. The van der Waals surface area contributed by atoms with Crippen LogP contribution >= 0.6 is 0 Å². The second-order valence-electron chi connectivity index (χ2n) is 4.59. The first-order valence-corrected chi connectivity index (χ1v) is 4.77. The maximum Gasteiger partial charge on any atom is 0.0683 e. The molecule has 2 aliphatic rings. The summed E-state index contributed by atoms with van der Waals surface area (Å²) < 4.78 is 5.85. The van der Waals surface area contributed by atoms with Crippen molar-refractivity contribution < 1.29 is 4.74 Å². The van der Waals surface area contributed by atoms with Gasteiger partial charge in [0.05, 0.1) is 12.2 Å². The van der Waals surface area contributed by atoms with E-state index in [1.165, 1.54) is 12.8 Å². The van der Waals surface area contributed by atoms with Crippen LogP contribution in [0.5, 0.6) is 0 Å². The fraction of sp³-hybridized carbons (Fsp3) is 1.00. The van der Waals surface area contributed by atoms with Crippen LogP contribution in [0.3, 0.4) is 0 Å². The second kappa shape index (κ2) is 2.22. The summed E-state index contributed by atoms with van der Waals surface area (Å²) in [4.78, 5) is 0. The molecule has 1 unspecified atom stereocenters. The molecule has 0 spiro atoms. The van der Waals surface area contributed by atoms with Crippen molar-refractivity contribution in [3.63, 3.8) is 0 Å². The summed E-state index contributed by atoms with van der Waals surface area (Å²) in [5.41, 5.74) is 0.233. The normalized spacial score (nSPS) is 56.5. The lowest BCUT2D eigenvalue weighted by Gasteiger charge is -2.37. The highest BCUT2D eigenvalue weighted by Crippen LogP contribution is 2.48. The van der Waals surface area contributed by atoms with Crippen LogP contribution in [0.2, 0.25) is 0 Å². The zero-order valence-electron chi connectivity index (χ0n) is 7.76. The molecule has 1 heteroatoms. The molecule has 2 fully saturated rings. The molecule has 0 N–H and O–H groups in total. The Labute approximate surface area is 69.1 Å². The summed E-state index contributed by atoms with van der Waals surface area (Å²) in [7, 11) is 0. The topological polar surface area (TPSA) is 9.23 Å². The first kappa shape index (κ1) is 7.60. The van der Waals surface area contributed by atoms with Crippen molar-refractivity contribution in [1.82, 2.24) is 0 Å². The first-order chi connectivity index (χ1) is 5.13. The van der Waals surface area contributed by atoms with E-state index in [2.05, 4.69) is 20.8 Å². The highest BCUT2D eigenvalue weighted by atomic mass is 16.5. The van der Waals surface area contributed by atoms with Gasteiger partial charge in [0.25, 0.3) is 0 Å². The molecule has 2 rings (SSSR count). The van der Waals surface area contributed by atoms with Crippen LogP contribution in [0.25, 0.3) is 0 Å². The van der Waals surface area contributed by atoms with Gasteiger partial charge in [0.15, 0.2) is 0 Å². The summed E-state index contributed by atoms with van der Waals surface area (Å²) in [6, 6.07) is 0. The molecule has 0 radical (unpaired) electrons. The zero-order chi connectivity index (χ0) is 8.06. The second-order valence-corrected chi connectivity index (χ2v) is 4.59. The van der Waals surface area contributed by atoms with E-state index in [1.54, 1.807) is 0 Å². The highest BCUT2D eigenvalue weighted by Gasteiger charge is 2.48. The van der Waals surface area contributed by atoms with E-state index in [9.17, 15) is 0 Å². The molecule has 0 amide bonds. The molecule has 0 aromatic carbocycles. The Hall–Kier alpha value is -0.0400. The van der Waals surface area contributed by atoms with Gasteiger partial charge in [-0.3, -0.25) is 0 Å². The van der Waals surface area contributed by atoms with Gasteiger partial charge in [0, 0.05) is 0 Å². The van der Waals surface area contributed by atoms with Gasteiger partial charge >= 0.3 is 0 Å². The number of hydrogen-bond donors (Lipinski definition) is 0. The van der Waals surface area contributed by atoms with E-state index < -0.39 is 0 Å². The molecular formula is C10H18O. The Balaban J connectivity index is 2.22. The molecule has 64 valence electrons. The molecule has 0 aromatic heterocycles. The van der Waals surface area contributed by atoms with E-state index in [1.807, 2.05) is 0 Å². The molecule has 1 saturated heterocycles. The molecule has 1 aliphatic heterocycles. The summed E-state index contributed by atoms with van der Waals surface area (Å²) in [6.07, 6.45) is 2.64. The van der Waals surface area contributed by atoms with Crippen molar-refractivity contribution in [2.75, 3.05) is 6.61 Å². The summed E-state index contributed by atoms with van der Waals surface area (Å²) in [6.45, 7) is 8.02. The van der Waals surface area contributed by atoms with Crippen LogP contribution in [0.4, 0.5) is 0 Å². The van der Waals surface area contributed by atoms with Crippen molar-refractivity contribution in [2.24, 2.45) is 17.8 Å². The zero-order valence-corrected chi connectivity index (χ0v) is 7.76. The van der Waals surface area contributed by atoms with Gasteiger partial charge < -0.3 is 4.74 Å². The SMILES string of the molecule is CC1[C@@H]2CO[C@@]1(C)CC[C@@H]2C. The third-order valence-corrected chi connectivity index (χ3v) is 4.04. The Morgan fingerprint density at radius 2 is 2.09 bits per heavy atom. The van der Waals surface area contributed by atoms with Crippen molar-refractivity contribution in [2.45, 2.75) is 39.2 Å². The monoisotopic (exact) mass is 154 g/mol. The molecule has 4 atom stereocenters. The van der Waals surface area contributed by atoms with Gasteiger partial charge in [-0.05, 0) is 37.5 Å². The van der Waals surface area contributed by atoms with Gasteiger partial charge in [-0.1, -0.05) is 13.8 Å².